The van der Waals surface area contributed by atoms with Crippen molar-refractivity contribution in [1.29, 1.82) is 0 Å². The zero-order chi connectivity index (χ0) is 13.3. The Morgan fingerprint density at radius 2 is 2.33 bits per heavy atom. The Labute approximate surface area is 107 Å². The standard InChI is InChI=1S/C13H19N3O2/c1-13(2)9(14)7-10(13)16-11(17)8-5-4-6-15-12(8)18-3/h4-6,9-10H,7,14H2,1-3H3,(H,16,17). The minimum absolute atomic E-state index is 0.0644. The second-order valence-electron chi connectivity index (χ2n) is 5.25. The second kappa shape index (κ2) is 4.57. The molecule has 2 rings (SSSR count). The van der Waals surface area contributed by atoms with Crippen molar-refractivity contribution in [3.05, 3.63) is 23.9 Å². The van der Waals surface area contributed by atoms with E-state index in [1.54, 1.807) is 18.3 Å². The first-order valence-corrected chi connectivity index (χ1v) is 6.02. The van der Waals surface area contributed by atoms with Crippen LogP contribution < -0.4 is 15.8 Å². The number of carbonyl (C=O) groups is 1. The molecule has 1 heterocycles. The molecular formula is C13H19N3O2. The topological polar surface area (TPSA) is 77.2 Å². The number of carbonyl (C=O) groups excluding carboxylic acids is 1. The molecule has 1 saturated carbocycles. The predicted octanol–water partition coefficient (Wildman–Crippen LogP) is 0.946. The molecule has 0 aliphatic heterocycles. The molecular weight excluding hydrogens is 230 g/mol. The van der Waals surface area contributed by atoms with E-state index in [9.17, 15) is 4.79 Å². The molecule has 0 bridgehead atoms. The Morgan fingerprint density at radius 3 is 2.89 bits per heavy atom. The molecule has 2 atom stereocenters. The lowest BCUT2D eigenvalue weighted by atomic mass is 9.63. The van der Waals surface area contributed by atoms with Crippen LogP contribution in [0.25, 0.3) is 0 Å². The van der Waals surface area contributed by atoms with Crippen molar-refractivity contribution >= 4 is 5.91 Å². The van der Waals surface area contributed by atoms with E-state index in [0.717, 1.165) is 6.42 Å². The molecule has 18 heavy (non-hydrogen) atoms. The summed E-state index contributed by atoms with van der Waals surface area (Å²) in [6, 6.07) is 3.66. The van der Waals surface area contributed by atoms with E-state index in [2.05, 4.69) is 24.1 Å². The smallest absolute Gasteiger partial charge is 0.257 e. The number of hydrogen-bond donors (Lipinski definition) is 2. The fraction of sp³-hybridized carbons (Fsp3) is 0.538. The van der Waals surface area contributed by atoms with Crippen molar-refractivity contribution < 1.29 is 9.53 Å². The molecule has 1 aromatic rings. The summed E-state index contributed by atoms with van der Waals surface area (Å²) >= 11 is 0. The lowest BCUT2D eigenvalue weighted by Gasteiger charge is -2.50. The Kier molecular flexibility index (Phi) is 3.26. The maximum Gasteiger partial charge on any atom is 0.257 e. The maximum absolute atomic E-state index is 12.2. The van der Waals surface area contributed by atoms with Crippen LogP contribution in [0.2, 0.25) is 0 Å². The van der Waals surface area contributed by atoms with E-state index in [1.165, 1.54) is 7.11 Å². The van der Waals surface area contributed by atoms with Gasteiger partial charge in [0.05, 0.1) is 7.11 Å². The van der Waals surface area contributed by atoms with Crippen LogP contribution in [0.15, 0.2) is 18.3 Å². The maximum atomic E-state index is 12.2. The van der Waals surface area contributed by atoms with E-state index < -0.39 is 0 Å². The highest BCUT2D eigenvalue weighted by Crippen LogP contribution is 2.39. The highest BCUT2D eigenvalue weighted by atomic mass is 16.5. The molecule has 5 nitrogen and oxygen atoms in total. The van der Waals surface area contributed by atoms with Gasteiger partial charge < -0.3 is 15.8 Å². The third kappa shape index (κ3) is 2.06. The van der Waals surface area contributed by atoms with Gasteiger partial charge in [0.25, 0.3) is 5.91 Å². The van der Waals surface area contributed by atoms with E-state index in [4.69, 9.17) is 10.5 Å². The van der Waals surface area contributed by atoms with Crippen molar-refractivity contribution in [1.82, 2.24) is 10.3 Å². The van der Waals surface area contributed by atoms with Gasteiger partial charge >= 0.3 is 0 Å². The summed E-state index contributed by atoms with van der Waals surface area (Å²) < 4.78 is 5.08. The summed E-state index contributed by atoms with van der Waals surface area (Å²) in [6.07, 6.45) is 2.40. The molecule has 0 spiro atoms. The minimum Gasteiger partial charge on any atom is -0.480 e. The quantitative estimate of drug-likeness (QED) is 0.836. The van der Waals surface area contributed by atoms with Crippen LogP contribution in [0, 0.1) is 5.41 Å². The highest BCUT2D eigenvalue weighted by Gasteiger charge is 2.46. The number of ether oxygens (including phenoxy) is 1. The lowest BCUT2D eigenvalue weighted by Crippen LogP contribution is -2.64. The first kappa shape index (κ1) is 12.8. The molecule has 2 unspecified atom stereocenters. The van der Waals surface area contributed by atoms with Gasteiger partial charge in [-0.25, -0.2) is 4.98 Å². The molecule has 1 aliphatic carbocycles. The fourth-order valence-electron chi connectivity index (χ4n) is 2.17. The van der Waals surface area contributed by atoms with Crippen LogP contribution in [0.3, 0.4) is 0 Å². The van der Waals surface area contributed by atoms with Crippen LogP contribution in [0.1, 0.15) is 30.6 Å². The molecule has 5 heteroatoms. The van der Waals surface area contributed by atoms with Gasteiger partial charge in [-0.15, -0.1) is 0 Å². The van der Waals surface area contributed by atoms with Crippen molar-refractivity contribution in [3.63, 3.8) is 0 Å². The van der Waals surface area contributed by atoms with Crippen molar-refractivity contribution in [2.45, 2.75) is 32.4 Å². The van der Waals surface area contributed by atoms with Crippen LogP contribution in [-0.2, 0) is 0 Å². The number of amides is 1. The molecule has 0 saturated heterocycles. The summed E-state index contributed by atoms with van der Waals surface area (Å²) in [5.74, 6) is 0.182. The van der Waals surface area contributed by atoms with Gasteiger partial charge in [-0.3, -0.25) is 4.79 Å². The monoisotopic (exact) mass is 249 g/mol. The molecule has 98 valence electrons. The van der Waals surface area contributed by atoms with Crippen molar-refractivity contribution in [2.24, 2.45) is 11.1 Å². The average Bonchev–Trinajstić information content (AvgIpc) is 2.38. The first-order chi connectivity index (χ1) is 8.46. The summed E-state index contributed by atoms with van der Waals surface area (Å²) in [6.45, 7) is 4.12. The van der Waals surface area contributed by atoms with Crippen molar-refractivity contribution in [3.8, 4) is 5.88 Å². The average molecular weight is 249 g/mol. The zero-order valence-corrected chi connectivity index (χ0v) is 10.9. The van der Waals surface area contributed by atoms with Gasteiger partial charge in [-0.05, 0) is 18.6 Å². The Hall–Kier alpha value is -1.62. The van der Waals surface area contributed by atoms with E-state index in [-0.39, 0.29) is 23.4 Å². The van der Waals surface area contributed by atoms with Gasteiger partial charge in [-0.1, -0.05) is 13.8 Å². The molecule has 0 aromatic carbocycles. The molecule has 1 aliphatic rings. The van der Waals surface area contributed by atoms with Gasteiger partial charge in [0.2, 0.25) is 5.88 Å². The second-order valence-corrected chi connectivity index (χ2v) is 5.25. The van der Waals surface area contributed by atoms with E-state index >= 15 is 0 Å². The third-order valence-corrected chi connectivity index (χ3v) is 3.86. The van der Waals surface area contributed by atoms with Crippen LogP contribution in [-0.4, -0.2) is 30.1 Å². The number of nitrogens with two attached hydrogens (primary N) is 1. The number of nitrogens with zero attached hydrogens (tertiary/aromatic N) is 1. The largest absolute Gasteiger partial charge is 0.480 e. The normalized spacial score (nSPS) is 25.1. The molecule has 0 radical (unpaired) electrons. The van der Waals surface area contributed by atoms with Gasteiger partial charge in [-0.2, -0.15) is 0 Å². The number of rotatable bonds is 3. The number of pyridine rings is 1. The SMILES string of the molecule is COc1ncccc1C(=O)NC1CC(N)C1(C)C. The molecule has 3 N–H and O–H groups in total. The van der Waals surface area contributed by atoms with Crippen molar-refractivity contribution in [2.75, 3.05) is 7.11 Å². The van der Waals surface area contributed by atoms with Crippen LogP contribution in [0.5, 0.6) is 5.88 Å². The molecule has 1 amide bonds. The highest BCUT2D eigenvalue weighted by molar-refractivity contribution is 5.96. The first-order valence-electron chi connectivity index (χ1n) is 6.02. The summed E-state index contributed by atoms with van der Waals surface area (Å²) in [5.41, 5.74) is 6.32. The van der Waals surface area contributed by atoms with Crippen LogP contribution in [0.4, 0.5) is 0 Å². The third-order valence-electron chi connectivity index (χ3n) is 3.86. The lowest BCUT2D eigenvalue weighted by molar-refractivity contribution is 0.0584. The number of hydrogen-bond acceptors (Lipinski definition) is 4. The van der Waals surface area contributed by atoms with Crippen LogP contribution >= 0.6 is 0 Å². The van der Waals surface area contributed by atoms with Gasteiger partial charge in [0.1, 0.15) is 5.56 Å². The minimum atomic E-state index is -0.162. The number of nitrogens with one attached hydrogen (secondary N) is 1. The van der Waals surface area contributed by atoms with Gasteiger partial charge in [0, 0.05) is 23.7 Å². The predicted molar refractivity (Wildman–Crippen MR) is 68.4 cm³/mol. The fourth-order valence-corrected chi connectivity index (χ4v) is 2.17. The molecule has 1 aromatic heterocycles. The summed E-state index contributed by atoms with van der Waals surface area (Å²) in [7, 11) is 1.50. The Morgan fingerprint density at radius 1 is 1.61 bits per heavy atom. The zero-order valence-electron chi connectivity index (χ0n) is 10.9. The summed E-state index contributed by atoms with van der Waals surface area (Å²) in [5, 5.41) is 2.99. The van der Waals surface area contributed by atoms with E-state index in [0.29, 0.717) is 11.4 Å². The van der Waals surface area contributed by atoms with E-state index in [1.807, 2.05) is 0 Å². The number of methoxy groups -OCH3 is 1. The Balaban J connectivity index is 2.09. The number of aromatic nitrogens is 1. The summed E-state index contributed by atoms with van der Waals surface area (Å²) in [4.78, 5) is 16.2. The van der Waals surface area contributed by atoms with Gasteiger partial charge in [0.15, 0.2) is 0 Å². The Bertz CT molecular complexity index is 459. The molecule has 1 fully saturated rings.